The van der Waals surface area contributed by atoms with Gasteiger partial charge in [0.2, 0.25) is 0 Å². The minimum absolute atomic E-state index is 0.142. The van der Waals surface area contributed by atoms with Gasteiger partial charge in [0.15, 0.2) is 11.7 Å². The molecular weight excluding hydrogens is 341 g/mol. The molecule has 0 saturated heterocycles. The van der Waals surface area contributed by atoms with Gasteiger partial charge in [-0.1, -0.05) is 17.7 Å². The monoisotopic (exact) mass is 361 g/mol. The molecule has 3 N–H and O–H groups in total. The van der Waals surface area contributed by atoms with Crippen molar-refractivity contribution in [1.29, 1.82) is 0 Å². The molecule has 0 fully saturated rings. The predicted molar refractivity (Wildman–Crippen MR) is 100 cm³/mol. The van der Waals surface area contributed by atoms with Crippen molar-refractivity contribution in [3.63, 3.8) is 0 Å². The number of carbonyl (C=O) groups is 1. The summed E-state index contributed by atoms with van der Waals surface area (Å²) in [4.78, 5) is 11.9. The second kappa shape index (κ2) is 8.43. The molecule has 0 aromatic heterocycles. The minimum Gasteiger partial charge on any atom is -0.483 e. The minimum atomic E-state index is -0.373. The van der Waals surface area contributed by atoms with Crippen molar-refractivity contribution < 1.29 is 13.9 Å². The van der Waals surface area contributed by atoms with Gasteiger partial charge < -0.3 is 10.1 Å². The maximum atomic E-state index is 12.8. The van der Waals surface area contributed by atoms with Crippen LogP contribution < -0.4 is 20.9 Å². The van der Waals surface area contributed by atoms with Gasteiger partial charge in [-0.2, -0.15) is 0 Å². The van der Waals surface area contributed by atoms with Crippen LogP contribution in [-0.2, 0) is 4.79 Å². The number of rotatable bonds is 4. The zero-order valence-corrected chi connectivity index (χ0v) is 15.1. The standard InChI is InChI=1S/C18H20FN3O2S/c1-11-8-12(2)17(13(3)9-11)24-10-16(23)21-22-18(25)20-15-6-4-14(19)5-7-15/h4-9H,10H2,1-3H3,(H,21,23)(H2,20,22,25). The van der Waals surface area contributed by atoms with Crippen LogP contribution in [0.1, 0.15) is 16.7 Å². The van der Waals surface area contributed by atoms with Crippen LogP contribution in [0.3, 0.4) is 0 Å². The molecule has 2 aromatic carbocycles. The number of thiocarbonyl (C=S) groups is 1. The van der Waals surface area contributed by atoms with Crippen molar-refractivity contribution in [2.75, 3.05) is 11.9 Å². The molecule has 2 rings (SSSR count). The Bertz CT molecular complexity index is 755. The number of hydrazine groups is 1. The Hall–Kier alpha value is -2.67. The molecular formula is C18H20FN3O2S. The third kappa shape index (κ3) is 5.72. The van der Waals surface area contributed by atoms with Crippen molar-refractivity contribution in [1.82, 2.24) is 10.9 Å². The molecule has 0 heterocycles. The third-order valence-corrected chi connectivity index (χ3v) is 3.57. The van der Waals surface area contributed by atoms with Crippen LogP contribution in [0.15, 0.2) is 36.4 Å². The number of hydrogen-bond donors (Lipinski definition) is 3. The molecule has 2 aromatic rings. The molecule has 0 bridgehead atoms. The van der Waals surface area contributed by atoms with Crippen molar-refractivity contribution in [2.45, 2.75) is 20.8 Å². The zero-order chi connectivity index (χ0) is 18.4. The molecule has 0 saturated carbocycles. The largest absolute Gasteiger partial charge is 0.483 e. The molecule has 25 heavy (non-hydrogen) atoms. The second-order valence-corrected chi connectivity index (χ2v) is 6.06. The highest BCUT2D eigenvalue weighted by Crippen LogP contribution is 2.24. The summed E-state index contributed by atoms with van der Waals surface area (Å²) in [7, 11) is 0. The summed E-state index contributed by atoms with van der Waals surface area (Å²) in [6.07, 6.45) is 0. The number of halogens is 1. The molecule has 0 atom stereocenters. The normalized spacial score (nSPS) is 10.1. The van der Waals surface area contributed by atoms with Crippen LogP contribution >= 0.6 is 12.2 Å². The summed E-state index contributed by atoms with van der Waals surface area (Å²) < 4.78 is 18.4. The molecule has 5 nitrogen and oxygen atoms in total. The van der Waals surface area contributed by atoms with Gasteiger partial charge in [0.05, 0.1) is 0 Å². The van der Waals surface area contributed by atoms with Crippen molar-refractivity contribution >= 4 is 28.9 Å². The molecule has 0 unspecified atom stereocenters. The first-order chi connectivity index (χ1) is 11.8. The number of hydrogen-bond acceptors (Lipinski definition) is 3. The number of carbonyl (C=O) groups excluding carboxylic acids is 1. The van der Waals surface area contributed by atoms with Crippen LogP contribution in [-0.4, -0.2) is 17.6 Å². The van der Waals surface area contributed by atoms with Gasteiger partial charge in [-0.3, -0.25) is 15.6 Å². The number of anilines is 1. The Morgan fingerprint density at radius 2 is 1.68 bits per heavy atom. The van der Waals surface area contributed by atoms with E-state index in [4.69, 9.17) is 17.0 Å². The molecule has 7 heteroatoms. The predicted octanol–water partition coefficient (Wildman–Crippen LogP) is 3.15. The van der Waals surface area contributed by atoms with Crippen molar-refractivity contribution in [3.05, 3.63) is 58.9 Å². The topological polar surface area (TPSA) is 62.4 Å². The summed E-state index contributed by atoms with van der Waals surface area (Å²) in [6, 6.07) is 9.70. The first kappa shape index (κ1) is 18.7. The van der Waals surface area contributed by atoms with Gasteiger partial charge >= 0.3 is 0 Å². The Morgan fingerprint density at radius 1 is 1.08 bits per heavy atom. The average Bonchev–Trinajstić information content (AvgIpc) is 2.54. The Kier molecular flexibility index (Phi) is 6.30. The molecule has 0 aliphatic heterocycles. The molecule has 0 aliphatic rings. The number of nitrogens with one attached hydrogen (secondary N) is 3. The van der Waals surface area contributed by atoms with E-state index < -0.39 is 0 Å². The molecule has 1 amide bonds. The van der Waals surface area contributed by atoms with Crippen molar-refractivity contribution in [2.24, 2.45) is 0 Å². The molecule has 0 radical (unpaired) electrons. The quantitative estimate of drug-likeness (QED) is 0.577. The summed E-state index contributed by atoms with van der Waals surface area (Å²) in [5.41, 5.74) is 8.72. The highest BCUT2D eigenvalue weighted by Gasteiger charge is 2.08. The number of aryl methyl sites for hydroxylation is 3. The second-order valence-electron chi connectivity index (χ2n) is 5.65. The van der Waals surface area contributed by atoms with Gasteiger partial charge in [0.1, 0.15) is 11.6 Å². The first-order valence-electron chi connectivity index (χ1n) is 7.67. The maximum absolute atomic E-state index is 12.8. The van der Waals surface area contributed by atoms with Gasteiger partial charge in [0, 0.05) is 5.69 Å². The molecule has 132 valence electrons. The summed E-state index contributed by atoms with van der Waals surface area (Å²) >= 11 is 5.05. The Labute approximate surface area is 151 Å². The fourth-order valence-corrected chi connectivity index (χ4v) is 2.56. The highest BCUT2D eigenvalue weighted by atomic mass is 32.1. The van der Waals surface area contributed by atoms with Gasteiger partial charge in [-0.15, -0.1) is 0 Å². The van der Waals surface area contributed by atoms with Crippen molar-refractivity contribution in [3.8, 4) is 5.75 Å². The Balaban J connectivity index is 1.79. The Morgan fingerprint density at radius 3 is 2.28 bits per heavy atom. The van der Waals surface area contributed by atoms with Crippen LogP contribution in [0.2, 0.25) is 0 Å². The van der Waals surface area contributed by atoms with Gasteiger partial charge in [-0.05, 0) is 68.4 Å². The van der Waals surface area contributed by atoms with E-state index in [0.717, 1.165) is 16.7 Å². The van der Waals surface area contributed by atoms with E-state index in [-0.39, 0.29) is 23.4 Å². The maximum Gasteiger partial charge on any atom is 0.276 e. The summed E-state index contributed by atoms with van der Waals surface area (Å²) in [6.45, 7) is 5.74. The molecule has 0 spiro atoms. The fourth-order valence-electron chi connectivity index (χ4n) is 2.39. The highest BCUT2D eigenvalue weighted by molar-refractivity contribution is 7.80. The SMILES string of the molecule is Cc1cc(C)c(OCC(=O)NNC(=S)Nc2ccc(F)cc2)c(C)c1. The van der Waals surface area contributed by atoms with E-state index in [1.807, 2.05) is 32.9 Å². The van der Waals surface area contributed by atoms with E-state index in [0.29, 0.717) is 11.4 Å². The van der Waals surface area contributed by atoms with E-state index >= 15 is 0 Å². The lowest BCUT2D eigenvalue weighted by molar-refractivity contribution is -0.123. The summed E-state index contributed by atoms with van der Waals surface area (Å²) in [5.74, 6) is -0.00744. The average molecular weight is 361 g/mol. The smallest absolute Gasteiger partial charge is 0.276 e. The first-order valence-corrected chi connectivity index (χ1v) is 8.08. The third-order valence-electron chi connectivity index (χ3n) is 3.37. The van der Waals surface area contributed by atoms with Gasteiger partial charge in [0.25, 0.3) is 5.91 Å². The van der Waals surface area contributed by atoms with E-state index in [2.05, 4.69) is 16.2 Å². The number of amides is 1. The lowest BCUT2D eigenvalue weighted by atomic mass is 10.1. The van der Waals surface area contributed by atoms with Crippen LogP contribution in [0.4, 0.5) is 10.1 Å². The number of benzene rings is 2. The number of ether oxygens (including phenoxy) is 1. The van der Waals surface area contributed by atoms with E-state index in [1.54, 1.807) is 0 Å². The van der Waals surface area contributed by atoms with Gasteiger partial charge in [-0.25, -0.2) is 4.39 Å². The van der Waals surface area contributed by atoms with Crippen LogP contribution in [0.5, 0.6) is 5.75 Å². The van der Waals surface area contributed by atoms with E-state index in [9.17, 15) is 9.18 Å². The lowest BCUT2D eigenvalue weighted by Crippen LogP contribution is -2.45. The van der Waals surface area contributed by atoms with Crippen LogP contribution in [0, 0.1) is 26.6 Å². The lowest BCUT2D eigenvalue weighted by Gasteiger charge is -2.14. The summed E-state index contributed by atoms with van der Waals surface area (Å²) in [5, 5.41) is 3.00. The molecule has 0 aliphatic carbocycles. The zero-order valence-electron chi connectivity index (χ0n) is 14.3. The van der Waals surface area contributed by atoms with Crippen LogP contribution in [0.25, 0.3) is 0 Å². The fraction of sp³-hybridized carbons (Fsp3) is 0.222. The van der Waals surface area contributed by atoms with E-state index in [1.165, 1.54) is 24.3 Å².